The van der Waals surface area contributed by atoms with E-state index in [1.165, 1.54) is 49.0 Å². The van der Waals surface area contributed by atoms with Crippen LogP contribution in [0.3, 0.4) is 0 Å². The summed E-state index contributed by atoms with van der Waals surface area (Å²) in [6, 6.07) is 3.50. The summed E-state index contributed by atoms with van der Waals surface area (Å²) < 4.78 is 0. The molecule has 1 aromatic heterocycles. The van der Waals surface area contributed by atoms with Crippen LogP contribution in [0.4, 0.5) is 5.82 Å². The van der Waals surface area contributed by atoms with E-state index in [9.17, 15) is 0 Å². The molecule has 0 radical (unpaired) electrons. The molecule has 0 atom stereocenters. The molecule has 1 aliphatic rings. The molecular formula is C18H31N3. The summed E-state index contributed by atoms with van der Waals surface area (Å²) in [5.74, 6) is 1.19. The summed E-state index contributed by atoms with van der Waals surface area (Å²) >= 11 is 0. The van der Waals surface area contributed by atoms with Crippen molar-refractivity contribution in [3.63, 3.8) is 0 Å². The Bertz CT molecular complexity index is 436. The fourth-order valence-electron chi connectivity index (χ4n) is 3.32. The first-order valence-electron chi connectivity index (χ1n) is 8.57. The second-order valence-corrected chi connectivity index (χ2v) is 6.60. The van der Waals surface area contributed by atoms with Crippen molar-refractivity contribution in [2.75, 3.05) is 11.4 Å². The van der Waals surface area contributed by atoms with Gasteiger partial charge in [-0.2, -0.15) is 0 Å². The van der Waals surface area contributed by atoms with Crippen LogP contribution in [0.5, 0.6) is 0 Å². The number of hydrogen-bond acceptors (Lipinski definition) is 3. The van der Waals surface area contributed by atoms with E-state index in [1.807, 2.05) is 6.20 Å². The Balaban J connectivity index is 2.10. The van der Waals surface area contributed by atoms with Gasteiger partial charge in [-0.25, -0.2) is 4.98 Å². The van der Waals surface area contributed by atoms with Gasteiger partial charge >= 0.3 is 0 Å². The smallest absolute Gasteiger partial charge is 0.131 e. The molecule has 0 bridgehead atoms. The highest BCUT2D eigenvalue weighted by Crippen LogP contribution is 2.28. The van der Waals surface area contributed by atoms with Crippen LogP contribution in [0.25, 0.3) is 0 Å². The summed E-state index contributed by atoms with van der Waals surface area (Å²) in [5.41, 5.74) is 2.59. The van der Waals surface area contributed by atoms with Gasteiger partial charge < -0.3 is 10.2 Å². The monoisotopic (exact) mass is 289 g/mol. The summed E-state index contributed by atoms with van der Waals surface area (Å²) in [6.07, 6.45) is 8.84. The van der Waals surface area contributed by atoms with Gasteiger partial charge in [-0.1, -0.05) is 33.1 Å². The molecule has 1 aromatic rings. The lowest BCUT2D eigenvalue weighted by atomic mass is 9.94. The van der Waals surface area contributed by atoms with Crippen molar-refractivity contribution in [1.82, 2.24) is 10.3 Å². The molecule has 0 amide bonds. The molecule has 1 aliphatic carbocycles. The van der Waals surface area contributed by atoms with Crippen LogP contribution in [-0.2, 0) is 6.54 Å². The number of hydrogen-bond donors (Lipinski definition) is 1. The van der Waals surface area contributed by atoms with Gasteiger partial charge in [0.25, 0.3) is 0 Å². The van der Waals surface area contributed by atoms with Crippen LogP contribution in [0.1, 0.15) is 64.0 Å². The second kappa shape index (κ2) is 7.79. The molecule has 3 heteroatoms. The van der Waals surface area contributed by atoms with Crippen LogP contribution in [0, 0.1) is 6.92 Å². The van der Waals surface area contributed by atoms with Gasteiger partial charge in [0.1, 0.15) is 5.82 Å². The average molecular weight is 289 g/mol. The standard InChI is InChI=1S/C18H31N3/c1-5-21(17-9-7-6-8-10-17)18-15(4)11-16(13-20-18)12-19-14(2)3/h11,13-14,17,19H,5-10,12H2,1-4H3. The molecule has 1 fully saturated rings. The summed E-state index contributed by atoms with van der Waals surface area (Å²) in [7, 11) is 0. The fraction of sp³-hybridized carbons (Fsp3) is 0.722. The maximum Gasteiger partial charge on any atom is 0.131 e. The van der Waals surface area contributed by atoms with E-state index in [1.54, 1.807) is 0 Å². The number of nitrogens with one attached hydrogen (secondary N) is 1. The minimum absolute atomic E-state index is 0.513. The zero-order chi connectivity index (χ0) is 15.2. The van der Waals surface area contributed by atoms with Crippen molar-refractivity contribution in [2.24, 2.45) is 0 Å². The number of aromatic nitrogens is 1. The van der Waals surface area contributed by atoms with E-state index in [2.05, 4.69) is 44.0 Å². The molecule has 3 nitrogen and oxygen atoms in total. The van der Waals surface area contributed by atoms with Gasteiger partial charge in [-0.15, -0.1) is 0 Å². The van der Waals surface area contributed by atoms with E-state index < -0.39 is 0 Å². The third-order valence-corrected chi connectivity index (χ3v) is 4.45. The fourth-order valence-corrected chi connectivity index (χ4v) is 3.32. The van der Waals surface area contributed by atoms with Crippen molar-refractivity contribution in [2.45, 2.75) is 78.4 Å². The Labute approximate surface area is 130 Å². The molecule has 0 spiro atoms. The predicted octanol–water partition coefficient (Wildman–Crippen LogP) is 4.05. The zero-order valence-corrected chi connectivity index (χ0v) is 14.2. The third kappa shape index (κ3) is 4.44. The SMILES string of the molecule is CCN(c1ncc(CNC(C)C)cc1C)C1CCCCC1. The first-order chi connectivity index (χ1) is 10.1. The largest absolute Gasteiger partial charge is 0.354 e. The first-order valence-corrected chi connectivity index (χ1v) is 8.57. The van der Waals surface area contributed by atoms with E-state index in [4.69, 9.17) is 4.98 Å². The number of rotatable bonds is 6. The Morgan fingerprint density at radius 3 is 2.57 bits per heavy atom. The van der Waals surface area contributed by atoms with Gasteiger partial charge in [0.2, 0.25) is 0 Å². The maximum atomic E-state index is 4.79. The molecule has 21 heavy (non-hydrogen) atoms. The van der Waals surface area contributed by atoms with Crippen molar-refractivity contribution < 1.29 is 0 Å². The molecule has 118 valence electrons. The Morgan fingerprint density at radius 2 is 2.00 bits per heavy atom. The lowest BCUT2D eigenvalue weighted by Gasteiger charge is -2.35. The highest BCUT2D eigenvalue weighted by atomic mass is 15.2. The van der Waals surface area contributed by atoms with Gasteiger partial charge in [0.15, 0.2) is 0 Å². The first kappa shape index (κ1) is 16.3. The Kier molecular flexibility index (Phi) is 6.04. The van der Waals surface area contributed by atoms with Crippen LogP contribution >= 0.6 is 0 Å². The van der Waals surface area contributed by atoms with E-state index in [0.717, 1.165) is 13.1 Å². The summed E-state index contributed by atoms with van der Waals surface area (Å²) in [5, 5.41) is 3.46. The van der Waals surface area contributed by atoms with Crippen molar-refractivity contribution in [1.29, 1.82) is 0 Å². The molecule has 0 saturated heterocycles. The van der Waals surface area contributed by atoms with Gasteiger partial charge in [-0.3, -0.25) is 0 Å². The normalized spacial score (nSPS) is 16.4. The molecule has 2 rings (SSSR count). The molecule has 1 heterocycles. The van der Waals surface area contributed by atoms with Gasteiger partial charge in [0.05, 0.1) is 0 Å². The van der Waals surface area contributed by atoms with E-state index >= 15 is 0 Å². The predicted molar refractivity (Wildman–Crippen MR) is 90.8 cm³/mol. The zero-order valence-electron chi connectivity index (χ0n) is 14.2. The van der Waals surface area contributed by atoms with Crippen LogP contribution < -0.4 is 10.2 Å². The average Bonchev–Trinajstić information content (AvgIpc) is 2.49. The summed E-state index contributed by atoms with van der Waals surface area (Å²) in [4.78, 5) is 7.31. The minimum atomic E-state index is 0.513. The molecule has 0 aromatic carbocycles. The molecule has 0 unspecified atom stereocenters. The maximum absolute atomic E-state index is 4.79. The quantitative estimate of drug-likeness (QED) is 0.856. The van der Waals surface area contributed by atoms with Crippen LogP contribution in [0.2, 0.25) is 0 Å². The topological polar surface area (TPSA) is 28.2 Å². The number of nitrogens with zero attached hydrogens (tertiary/aromatic N) is 2. The van der Waals surface area contributed by atoms with E-state index in [-0.39, 0.29) is 0 Å². The number of pyridine rings is 1. The van der Waals surface area contributed by atoms with Gasteiger partial charge in [0, 0.05) is 31.4 Å². The molecule has 1 N–H and O–H groups in total. The van der Waals surface area contributed by atoms with Crippen LogP contribution in [-0.4, -0.2) is 23.6 Å². The summed E-state index contributed by atoms with van der Waals surface area (Å²) in [6.45, 7) is 10.8. The lowest BCUT2D eigenvalue weighted by molar-refractivity contribution is 0.416. The van der Waals surface area contributed by atoms with Gasteiger partial charge in [-0.05, 0) is 43.9 Å². The number of anilines is 1. The highest BCUT2D eigenvalue weighted by Gasteiger charge is 2.22. The van der Waals surface area contributed by atoms with E-state index in [0.29, 0.717) is 12.1 Å². The number of aryl methyl sites for hydroxylation is 1. The Hall–Kier alpha value is -1.09. The molecular weight excluding hydrogens is 258 g/mol. The second-order valence-electron chi connectivity index (χ2n) is 6.60. The molecule has 0 aliphatic heterocycles. The third-order valence-electron chi connectivity index (χ3n) is 4.45. The van der Waals surface area contributed by atoms with Crippen molar-refractivity contribution >= 4 is 5.82 Å². The van der Waals surface area contributed by atoms with Crippen LogP contribution in [0.15, 0.2) is 12.3 Å². The molecule has 1 saturated carbocycles. The van der Waals surface area contributed by atoms with Crippen molar-refractivity contribution in [3.8, 4) is 0 Å². The lowest BCUT2D eigenvalue weighted by Crippen LogP contribution is -2.37. The highest BCUT2D eigenvalue weighted by molar-refractivity contribution is 5.48. The minimum Gasteiger partial charge on any atom is -0.354 e. The van der Waals surface area contributed by atoms with Crippen molar-refractivity contribution in [3.05, 3.63) is 23.4 Å². The Morgan fingerprint density at radius 1 is 1.29 bits per heavy atom.